The SMILES string of the molecule is CCC(C)(NC(=O)c1cc(NC(=O)OCC2c3ccccc3-c3ccccc32)n[nH]1)C(=O)O. The molecule has 1 aliphatic carbocycles. The maximum Gasteiger partial charge on any atom is 0.412 e. The number of hydrogen-bond donors (Lipinski definition) is 4. The summed E-state index contributed by atoms with van der Waals surface area (Å²) in [6.07, 6.45) is -0.508. The number of carbonyl (C=O) groups is 3. The third-order valence-corrected chi connectivity index (χ3v) is 5.96. The summed E-state index contributed by atoms with van der Waals surface area (Å²) < 4.78 is 5.46. The maximum absolute atomic E-state index is 12.4. The van der Waals surface area contributed by atoms with Gasteiger partial charge in [-0.2, -0.15) is 5.10 Å². The van der Waals surface area contributed by atoms with Crippen molar-refractivity contribution in [3.05, 3.63) is 71.4 Å². The molecule has 0 radical (unpaired) electrons. The molecule has 1 aromatic heterocycles. The molecule has 1 aliphatic rings. The minimum Gasteiger partial charge on any atom is -0.480 e. The van der Waals surface area contributed by atoms with Crippen molar-refractivity contribution >= 4 is 23.8 Å². The van der Waals surface area contributed by atoms with Crippen LogP contribution in [0.3, 0.4) is 0 Å². The van der Waals surface area contributed by atoms with Crippen LogP contribution in [0.1, 0.15) is 47.8 Å². The van der Waals surface area contributed by atoms with Gasteiger partial charge in [0.2, 0.25) is 0 Å². The monoisotopic (exact) mass is 448 g/mol. The topological polar surface area (TPSA) is 133 Å². The summed E-state index contributed by atoms with van der Waals surface area (Å²) in [6.45, 7) is 3.22. The Morgan fingerprint density at radius 1 is 1.09 bits per heavy atom. The van der Waals surface area contributed by atoms with Crippen LogP contribution in [0.25, 0.3) is 11.1 Å². The molecule has 0 fully saturated rings. The summed E-state index contributed by atoms with van der Waals surface area (Å²) >= 11 is 0. The molecule has 1 unspecified atom stereocenters. The van der Waals surface area contributed by atoms with Crippen molar-refractivity contribution in [1.82, 2.24) is 15.5 Å². The highest BCUT2D eigenvalue weighted by molar-refractivity contribution is 5.97. The van der Waals surface area contributed by atoms with Gasteiger partial charge in [0.15, 0.2) is 5.82 Å². The number of rotatable bonds is 7. The van der Waals surface area contributed by atoms with Crippen LogP contribution >= 0.6 is 0 Å². The van der Waals surface area contributed by atoms with Crippen LogP contribution in [0.15, 0.2) is 54.6 Å². The van der Waals surface area contributed by atoms with E-state index in [0.29, 0.717) is 0 Å². The van der Waals surface area contributed by atoms with E-state index in [1.165, 1.54) is 13.0 Å². The van der Waals surface area contributed by atoms with Gasteiger partial charge in [0.25, 0.3) is 5.91 Å². The highest BCUT2D eigenvalue weighted by Crippen LogP contribution is 2.44. The Balaban J connectivity index is 1.38. The first-order valence-corrected chi connectivity index (χ1v) is 10.6. The van der Waals surface area contributed by atoms with Crippen LogP contribution in [0.4, 0.5) is 10.6 Å². The van der Waals surface area contributed by atoms with E-state index in [9.17, 15) is 19.5 Å². The molecule has 33 heavy (non-hydrogen) atoms. The Labute approximate surface area is 190 Å². The highest BCUT2D eigenvalue weighted by Gasteiger charge is 2.33. The zero-order valence-electron chi connectivity index (χ0n) is 18.2. The Morgan fingerprint density at radius 2 is 1.70 bits per heavy atom. The predicted molar refractivity (Wildman–Crippen MR) is 121 cm³/mol. The molecule has 170 valence electrons. The standard InChI is InChI=1S/C24H24N4O5/c1-3-24(2,22(30)31)26-21(29)19-12-20(28-27-19)25-23(32)33-13-18-16-10-6-4-8-14(16)15-9-5-7-11-17(15)18/h4-12,18H,3,13H2,1-2H3,(H,26,29)(H,30,31)(H2,25,27,28,32). The summed E-state index contributed by atoms with van der Waals surface area (Å²) in [5.41, 5.74) is 3.06. The summed E-state index contributed by atoms with van der Waals surface area (Å²) in [5, 5.41) is 20.6. The molecule has 1 heterocycles. The quantitative estimate of drug-likeness (QED) is 0.435. The smallest absolute Gasteiger partial charge is 0.412 e. The van der Waals surface area contributed by atoms with Gasteiger partial charge < -0.3 is 15.2 Å². The Kier molecular flexibility index (Phi) is 5.87. The number of nitrogens with one attached hydrogen (secondary N) is 3. The average molecular weight is 448 g/mol. The summed E-state index contributed by atoms with van der Waals surface area (Å²) in [6, 6.07) is 17.4. The molecule has 4 rings (SSSR count). The van der Waals surface area contributed by atoms with Crippen LogP contribution in [0, 0.1) is 0 Å². The summed E-state index contributed by atoms with van der Waals surface area (Å²) in [5.74, 6) is -1.78. The van der Waals surface area contributed by atoms with Gasteiger partial charge in [0, 0.05) is 12.0 Å². The van der Waals surface area contributed by atoms with E-state index in [-0.39, 0.29) is 30.5 Å². The third kappa shape index (κ3) is 4.30. The minimum atomic E-state index is -1.41. The molecule has 2 aromatic carbocycles. The van der Waals surface area contributed by atoms with Crippen LogP contribution in [-0.4, -0.2) is 45.4 Å². The molecule has 4 N–H and O–H groups in total. The van der Waals surface area contributed by atoms with Gasteiger partial charge in [-0.3, -0.25) is 15.2 Å². The molecule has 9 heteroatoms. The number of carbonyl (C=O) groups excluding carboxylic acids is 2. The van der Waals surface area contributed by atoms with Crippen LogP contribution < -0.4 is 10.6 Å². The van der Waals surface area contributed by atoms with Crippen molar-refractivity contribution < 1.29 is 24.2 Å². The van der Waals surface area contributed by atoms with E-state index >= 15 is 0 Å². The van der Waals surface area contributed by atoms with Gasteiger partial charge >= 0.3 is 12.1 Å². The number of benzene rings is 2. The van der Waals surface area contributed by atoms with E-state index in [1.54, 1.807) is 6.92 Å². The molecule has 1 atom stereocenters. The second-order valence-corrected chi connectivity index (χ2v) is 8.06. The molecule has 0 saturated heterocycles. The molecule has 2 amide bonds. The van der Waals surface area contributed by atoms with Crippen molar-refractivity contribution in [2.24, 2.45) is 0 Å². The number of anilines is 1. The van der Waals surface area contributed by atoms with E-state index in [2.05, 4.69) is 33.0 Å². The molecular weight excluding hydrogens is 424 g/mol. The first-order chi connectivity index (χ1) is 15.8. The van der Waals surface area contributed by atoms with Crippen LogP contribution in [0.5, 0.6) is 0 Å². The molecule has 0 saturated carbocycles. The van der Waals surface area contributed by atoms with E-state index < -0.39 is 23.5 Å². The van der Waals surface area contributed by atoms with Crippen molar-refractivity contribution in [2.45, 2.75) is 31.7 Å². The highest BCUT2D eigenvalue weighted by atomic mass is 16.5. The Bertz CT molecular complexity index is 1180. The maximum atomic E-state index is 12.4. The fraction of sp³-hybridized carbons (Fsp3) is 0.250. The second-order valence-electron chi connectivity index (χ2n) is 8.06. The molecule has 0 bridgehead atoms. The number of nitrogens with zero attached hydrogens (tertiary/aromatic N) is 1. The van der Waals surface area contributed by atoms with Crippen molar-refractivity contribution in [3.63, 3.8) is 0 Å². The number of carboxylic acid groups (broad SMARTS) is 1. The van der Waals surface area contributed by atoms with Crippen molar-refractivity contribution in [1.29, 1.82) is 0 Å². The zero-order valence-corrected chi connectivity index (χ0v) is 18.2. The first-order valence-electron chi connectivity index (χ1n) is 10.6. The number of amides is 2. The first kappa shape index (κ1) is 22.1. The van der Waals surface area contributed by atoms with Gasteiger partial charge in [-0.25, -0.2) is 9.59 Å². The number of fused-ring (bicyclic) bond motifs is 3. The lowest BCUT2D eigenvalue weighted by Gasteiger charge is -2.23. The molecule has 3 aromatic rings. The van der Waals surface area contributed by atoms with Crippen LogP contribution in [0.2, 0.25) is 0 Å². The van der Waals surface area contributed by atoms with E-state index in [4.69, 9.17) is 4.74 Å². The summed E-state index contributed by atoms with van der Waals surface area (Å²) in [4.78, 5) is 36.1. The van der Waals surface area contributed by atoms with Crippen molar-refractivity contribution in [2.75, 3.05) is 11.9 Å². The number of aromatic amines is 1. The fourth-order valence-corrected chi connectivity index (χ4v) is 3.85. The number of aliphatic carboxylic acids is 1. The number of aromatic nitrogens is 2. The normalized spacial score (nSPS) is 14.0. The lowest BCUT2D eigenvalue weighted by molar-refractivity contribution is -0.143. The zero-order chi connectivity index (χ0) is 23.6. The molecule has 0 spiro atoms. The van der Waals surface area contributed by atoms with E-state index in [1.807, 2.05) is 36.4 Å². The number of hydrogen-bond acceptors (Lipinski definition) is 5. The molecular formula is C24H24N4O5. The minimum absolute atomic E-state index is 0.0184. The van der Waals surface area contributed by atoms with Gasteiger partial charge in [-0.05, 0) is 35.6 Å². The Hall–Kier alpha value is -4.14. The van der Waals surface area contributed by atoms with Crippen LogP contribution in [-0.2, 0) is 9.53 Å². The largest absolute Gasteiger partial charge is 0.480 e. The molecule has 9 nitrogen and oxygen atoms in total. The third-order valence-electron chi connectivity index (χ3n) is 5.96. The number of carboxylic acids is 1. The average Bonchev–Trinajstić information content (AvgIpc) is 3.40. The van der Waals surface area contributed by atoms with Gasteiger partial charge in [-0.1, -0.05) is 55.5 Å². The summed E-state index contributed by atoms with van der Waals surface area (Å²) in [7, 11) is 0. The Morgan fingerprint density at radius 3 is 2.27 bits per heavy atom. The lowest BCUT2D eigenvalue weighted by Crippen LogP contribution is -2.51. The van der Waals surface area contributed by atoms with E-state index in [0.717, 1.165) is 22.3 Å². The number of ether oxygens (including phenoxy) is 1. The molecule has 0 aliphatic heterocycles. The van der Waals surface area contributed by atoms with Gasteiger partial charge in [0.05, 0.1) is 0 Å². The lowest BCUT2D eigenvalue weighted by atomic mass is 9.98. The van der Waals surface area contributed by atoms with Gasteiger partial charge in [-0.15, -0.1) is 0 Å². The van der Waals surface area contributed by atoms with Gasteiger partial charge in [0.1, 0.15) is 17.8 Å². The number of H-pyrrole nitrogens is 1. The second kappa shape index (κ2) is 8.78. The van der Waals surface area contributed by atoms with Crippen molar-refractivity contribution in [3.8, 4) is 11.1 Å². The fourth-order valence-electron chi connectivity index (χ4n) is 3.85. The predicted octanol–water partition coefficient (Wildman–Crippen LogP) is 3.75.